The van der Waals surface area contributed by atoms with E-state index in [-0.39, 0.29) is 5.91 Å². The second-order valence-corrected chi connectivity index (χ2v) is 7.96. The van der Waals surface area contributed by atoms with Crippen LogP contribution in [-0.4, -0.2) is 27.4 Å². The van der Waals surface area contributed by atoms with E-state index in [9.17, 15) is 4.79 Å². The monoisotopic (exact) mass is 472 g/mol. The maximum absolute atomic E-state index is 11.3. The van der Waals surface area contributed by atoms with Crippen LogP contribution in [0.25, 0.3) is 0 Å². The first-order chi connectivity index (χ1) is 14.0. The molecule has 0 aliphatic carbocycles. The van der Waals surface area contributed by atoms with Crippen molar-refractivity contribution in [1.82, 2.24) is 15.0 Å². The number of hydrogen-bond donors (Lipinski definition) is 2. The number of rotatable bonds is 4. The summed E-state index contributed by atoms with van der Waals surface area (Å²) in [5.74, 6) is 0.799. The third-order valence-electron chi connectivity index (χ3n) is 4.58. The van der Waals surface area contributed by atoms with Crippen LogP contribution >= 0.6 is 27.5 Å². The molecule has 1 aliphatic rings. The minimum absolute atomic E-state index is 0.191. The second-order valence-electron chi connectivity index (χ2n) is 6.67. The lowest BCUT2D eigenvalue weighted by atomic mass is 10.0. The molecule has 3 aromatic rings. The van der Waals surface area contributed by atoms with Crippen LogP contribution in [-0.2, 0) is 17.8 Å². The van der Waals surface area contributed by atoms with Gasteiger partial charge in [0.05, 0.1) is 16.4 Å². The van der Waals surface area contributed by atoms with Gasteiger partial charge in [-0.2, -0.15) is 4.98 Å². The van der Waals surface area contributed by atoms with Crippen molar-refractivity contribution >= 4 is 56.7 Å². The van der Waals surface area contributed by atoms with Gasteiger partial charge in [0, 0.05) is 24.5 Å². The van der Waals surface area contributed by atoms with Crippen molar-refractivity contribution < 1.29 is 4.79 Å². The van der Waals surface area contributed by atoms with Crippen molar-refractivity contribution in [2.75, 3.05) is 22.1 Å². The van der Waals surface area contributed by atoms with Gasteiger partial charge in [0.25, 0.3) is 0 Å². The number of fused-ring (bicyclic) bond motifs is 1. The molecule has 0 unspecified atom stereocenters. The molecule has 9 heteroatoms. The van der Waals surface area contributed by atoms with Crippen LogP contribution in [0, 0.1) is 0 Å². The maximum Gasteiger partial charge on any atom is 0.232 e. The lowest BCUT2D eigenvalue weighted by Crippen LogP contribution is -2.32. The van der Waals surface area contributed by atoms with Crippen LogP contribution in [0.15, 0.2) is 47.2 Å². The molecule has 1 aliphatic heterocycles. The average molecular weight is 474 g/mol. The van der Waals surface area contributed by atoms with E-state index >= 15 is 0 Å². The third kappa shape index (κ3) is 4.49. The average Bonchev–Trinajstić information content (AvgIpc) is 2.70. The fourth-order valence-electron chi connectivity index (χ4n) is 3.23. The molecule has 0 spiro atoms. The summed E-state index contributed by atoms with van der Waals surface area (Å²) in [4.78, 5) is 26.5. The zero-order valence-corrected chi connectivity index (χ0v) is 18.0. The molecular weight excluding hydrogens is 456 g/mol. The Kier molecular flexibility index (Phi) is 5.64. The quantitative estimate of drug-likeness (QED) is 0.578. The molecule has 0 bridgehead atoms. The van der Waals surface area contributed by atoms with Gasteiger partial charge in [-0.15, -0.1) is 0 Å². The molecule has 0 radical (unpaired) electrons. The molecule has 0 fully saturated rings. The first kappa shape index (κ1) is 19.6. The van der Waals surface area contributed by atoms with Crippen molar-refractivity contribution in [3.05, 3.63) is 63.3 Å². The minimum Gasteiger partial charge on any atom is -0.336 e. The smallest absolute Gasteiger partial charge is 0.232 e. The highest BCUT2D eigenvalue weighted by Crippen LogP contribution is 2.32. The van der Waals surface area contributed by atoms with E-state index < -0.39 is 0 Å². The van der Waals surface area contributed by atoms with E-state index in [0.29, 0.717) is 28.3 Å². The first-order valence-electron chi connectivity index (χ1n) is 9.04. The molecule has 4 rings (SSSR count). The molecule has 7 nitrogen and oxygen atoms in total. The second kappa shape index (κ2) is 8.34. The first-order valence-corrected chi connectivity index (χ1v) is 10.2. The van der Waals surface area contributed by atoms with Gasteiger partial charge in [0.15, 0.2) is 0 Å². The number of halogens is 2. The predicted molar refractivity (Wildman–Crippen MR) is 118 cm³/mol. The van der Waals surface area contributed by atoms with Gasteiger partial charge >= 0.3 is 0 Å². The summed E-state index contributed by atoms with van der Waals surface area (Å²) in [6.45, 7) is 3.00. The Morgan fingerprint density at radius 1 is 1.17 bits per heavy atom. The third-order valence-corrected chi connectivity index (χ3v) is 5.48. The van der Waals surface area contributed by atoms with Crippen molar-refractivity contribution in [2.24, 2.45) is 0 Å². The summed E-state index contributed by atoms with van der Waals surface area (Å²) in [6.07, 6.45) is 2.40. The van der Waals surface area contributed by atoms with Crippen molar-refractivity contribution in [3.8, 4) is 0 Å². The number of aromatic nitrogens is 3. The summed E-state index contributed by atoms with van der Waals surface area (Å²) < 4.78 is 1.09. The Labute approximate surface area is 181 Å². The molecular formula is C20H18BrClN6O. The van der Waals surface area contributed by atoms with Crippen LogP contribution in [0.5, 0.6) is 0 Å². The Bertz CT molecular complexity index is 1080. The van der Waals surface area contributed by atoms with Crippen LogP contribution < -0.4 is 15.5 Å². The molecule has 0 saturated heterocycles. The number of carbonyl (C=O) groups excluding carboxylic acids is 1. The normalized spacial score (nSPS) is 13.0. The zero-order valence-electron chi connectivity index (χ0n) is 15.6. The SMILES string of the molecule is CC(=O)Nc1cccc(Nc2ncnc(N3CCc4cc(Br)ccc4C3)n2)c1Cl. The van der Waals surface area contributed by atoms with E-state index in [2.05, 4.69) is 58.5 Å². The Morgan fingerprint density at radius 3 is 2.83 bits per heavy atom. The van der Waals surface area contributed by atoms with Gasteiger partial charge < -0.3 is 15.5 Å². The zero-order chi connectivity index (χ0) is 20.4. The summed E-state index contributed by atoms with van der Waals surface area (Å²) in [5.41, 5.74) is 3.73. The van der Waals surface area contributed by atoms with Crippen molar-refractivity contribution in [1.29, 1.82) is 0 Å². The topological polar surface area (TPSA) is 83.0 Å². The number of anilines is 4. The standard InChI is InChI=1S/C20H18BrClN6O/c1-12(29)25-16-3-2-4-17(18(16)22)26-19-23-11-24-20(27-19)28-8-7-13-9-15(21)6-5-14(13)10-28/h2-6,9,11H,7-8,10H2,1H3,(H,25,29)(H,23,24,26,27). The molecule has 29 heavy (non-hydrogen) atoms. The number of hydrogen-bond acceptors (Lipinski definition) is 6. The van der Waals surface area contributed by atoms with E-state index in [0.717, 1.165) is 24.0 Å². The van der Waals surface area contributed by atoms with E-state index in [1.165, 1.54) is 24.4 Å². The highest BCUT2D eigenvalue weighted by molar-refractivity contribution is 9.10. The summed E-state index contributed by atoms with van der Waals surface area (Å²) in [6, 6.07) is 11.7. The Hall–Kier alpha value is -2.71. The van der Waals surface area contributed by atoms with Crippen molar-refractivity contribution in [2.45, 2.75) is 19.9 Å². The summed E-state index contributed by atoms with van der Waals surface area (Å²) in [5, 5.41) is 6.20. The Morgan fingerprint density at radius 2 is 2.00 bits per heavy atom. The van der Waals surface area contributed by atoms with Crippen molar-refractivity contribution in [3.63, 3.8) is 0 Å². The lowest BCUT2D eigenvalue weighted by Gasteiger charge is -2.29. The largest absolute Gasteiger partial charge is 0.336 e. The van der Waals surface area contributed by atoms with Gasteiger partial charge in [-0.1, -0.05) is 39.7 Å². The van der Waals surface area contributed by atoms with E-state index in [1.54, 1.807) is 18.2 Å². The number of benzene rings is 2. The van der Waals surface area contributed by atoms with Crippen LogP contribution in [0.2, 0.25) is 5.02 Å². The molecule has 2 heterocycles. The number of amides is 1. The van der Waals surface area contributed by atoms with Gasteiger partial charge in [-0.3, -0.25) is 4.79 Å². The molecule has 2 aromatic carbocycles. The minimum atomic E-state index is -0.191. The van der Waals surface area contributed by atoms with Gasteiger partial charge in [-0.05, 0) is 41.8 Å². The summed E-state index contributed by atoms with van der Waals surface area (Å²) >= 11 is 9.92. The molecule has 148 valence electrons. The van der Waals surface area contributed by atoms with Gasteiger partial charge in [-0.25, -0.2) is 9.97 Å². The predicted octanol–water partition coefficient (Wildman–Crippen LogP) is 4.55. The number of nitrogens with one attached hydrogen (secondary N) is 2. The fourth-order valence-corrected chi connectivity index (χ4v) is 3.86. The molecule has 2 N–H and O–H groups in total. The Balaban J connectivity index is 1.54. The summed E-state index contributed by atoms with van der Waals surface area (Å²) in [7, 11) is 0. The van der Waals surface area contributed by atoms with E-state index in [4.69, 9.17) is 11.6 Å². The molecule has 0 atom stereocenters. The van der Waals surface area contributed by atoms with Crippen LogP contribution in [0.1, 0.15) is 18.1 Å². The van der Waals surface area contributed by atoms with Gasteiger partial charge in [0.1, 0.15) is 6.33 Å². The van der Waals surface area contributed by atoms with Crippen LogP contribution in [0.3, 0.4) is 0 Å². The highest BCUT2D eigenvalue weighted by atomic mass is 79.9. The van der Waals surface area contributed by atoms with Gasteiger partial charge in [0.2, 0.25) is 17.8 Å². The number of nitrogens with zero attached hydrogens (tertiary/aromatic N) is 4. The lowest BCUT2D eigenvalue weighted by molar-refractivity contribution is -0.114. The van der Waals surface area contributed by atoms with E-state index in [1.807, 2.05) is 6.07 Å². The van der Waals surface area contributed by atoms with Crippen LogP contribution in [0.4, 0.5) is 23.3 Å². The molecule has 1 amide bonds. The fraction of sp³-hybridized carbons (Fsp3) is 0.200. The maximum atomic E-state index is 11.3. The molecule has 1 aromatic heterocycles. The molecule has 0 saturated carbocycles. The number of carbonyl (C=O) groups is 1. The highest BCUT2D eigenvalue weighted by Gasteiger charge is 2.19.